The Labute approximate surface area is 120 Å². The maximum atomic E-state index is 11.9. The van der Waals surface area contributed by atoms with Crippen LogP contribution in [0.1, 0.15) is 22.0 Å². The molecule has 0 aliphatic heterocycles. The molecule has 1 amide bonds. The summed E-state index contributed by atoms with van der Waals surface area (Å²) >= 11 is 0. The summed E-state index contributed by atoms with van der Waals surface area (Å²) in [7, 11) is 0. The molecular weight excluding hydrogens is 274 g/mol. The maximum absolute atomic E-state index is 11.9. The molecule has 0 saturated heterocycles. The minimum absolute atomic E-state index is 0.0742. The number of aromatic carboxylic acids is 1. The number of phenolic OH excluding ortho intramolecular Hbond substituents is 1. The smallest absolute Gasteiger partial charge is 0.335 e. The number of carbonyl (C=O) groups is 2. The van der Waals surface area contributed by atoms with Crippen molar-refractivity contribution in [1.82, 2.24) is 0 Å². The third-order valence-corrected chi connectivity index (χ3v) is 2.87. The number of carboxylic acid groups (broad SMARTS) is 1. The Morgan fingerprint density at radius 1 is 1.05 bits per heavy atom. The van der Waals surface area contributed by atoms with Crippen molar-refractivity contribution in [3.63, 3.8) is 0 Å². The largest absolute Gasteiger partial charge is 0.506 e. The molecule has 0 aliphatic carbocycles. The topological polar surface area (TPSA) is 107 Å². The minimum atomic E-state index is -1.42. The Morgan fingerprint density at radius 3 is 2.33 bits per heavy atom. The first-order chi connectivity index (χ1) is 9.99. The number of benzene rings is 2. The summed E-state index contributed by atoms with van der Waals surface area (Å²) in [6.45, 7) is 0. The summed E-state index contributed by atoms with van der Waals surface area (Å²) in [4.78, 5) is 22.8. The Balaban J connectivity index is 2.20. The maximum Gasteiger partial charge on any atom is 0.335 e. The first-order valence-corrected chi connectivity index (χ1v) is 6.09. The quantitative estimate of drug-likeness (QED) is 0.641. The molecule has 0 aromatic heterocycles. The standard InChI is InChI=1S/C15H13NO5/c17-12-7-6-10(15(20)21)8-11(12)16-14(19)13(18)9-4-2-1-3-5-9/h1-8,13,17-18H,(H,16,19)(H,20,21). The van der Waals surface area contributed by atoms with Gasteiger partial charge in [0.05, 0.1) is 11.3 Å². The lowest BCUT2D eigenvalue weighted by Gasteiger charge is -2.13. The molecule has 2 rings (SSSR count). The van der Waals surface area contributed by atoms with Gasteiger partial charge in [0.1, 0.15) is 5.75 Å². The molecule has 108 valence electrons. The van der Waals surface area contributed by atoms with E-state index in [0.717, 1.165) is 12.1 Å². The van der Waals surface area contributed by atoms with Crippen LogP contribution in [0.5, 0.6) is 5.75 Å². The van der Waals surface area contributed by atoms with Gasteiger partial charge in [-0.15, -0.1) is 0 Å². The third kappa shape index (κ3) is 3.37. The van der Waals surface area contributed by atoms with Crippen LogP contribution in [-0.4, -0.2) is 27.2 Å². The number of hydrogen-bond donors (Lipinski definition) is 4. The van der Waals surface area contributed by atoms with Gasteiger partial charge in [-0.2, -0.15) is 0 Å². The molecule has 6 nitrogen and oxygen atoms in total. The van der Waals surface area contributed by atoms with E-state index < -0.39 is 18.0 Å². The SMILES string of the molecule is O=C(O)c1ccc(O)c(NC(=O)C(O)c2ccccc2)c1. The molecule has 0 fully saturated rings. The number of hydrogen-bond acceptors (Lipinski definition) is 4. The summed E-state index contributed by atoms with van der Waals surface area (Å²) in [5.74, 6) is -2.23. The number of aliphatic hydroxyl groups excluding tert-OH is 1. The van der Waals surface area contributed by atoms with Crippen molar-refractivity contribution in [2.75, 3.05) is 5.32 Å². The number of rotatable bonds is 4. The second-order valence-corrected chi connectivity index (χ2v) is 4.34. The summed E-state index contributed by atoms with van der Waals surface area (Å²) in [6, 6.07) is 11.7. The number of carbonyl (C=O) groups excluding carboxylic acids is 1. The van der Waals surface area contributed by atoms with Gasteiger partial charge < -0.3 is 20.6 Å². The number of aromatic hydroxyl groups is 1. The molecule has 0 heterocycles. The average Bonchev–Trinajstić information content (AvgIpc) is 2.49. The Kier molecular flexibility index (Phi) is 4.20. The van der Waals surface area contributed by atoms with Gasteiger partial charge in [-0.25, -0.2) is 4.79 Å². The van der Waals surface area contributed by atoms with Crippen molar-refractivity contribution in [1.29, 1.82) is 0 Å². The monoisotopic (exact) mass is 287 g/mol. The van der Waals surface area contributed by atoms with Crippen LogP contribution in [0, 0.1) is 0 Å². The van der Waals surface area contributed by atoms with Gasteiger partial charge in [0.2, 0.25) is 0 Å². The van der Waals surface area contributed by atoms with Crippen LogP contribution in [-0.2, 0) is 4.79 Å². The van der Waals surface area contributed by atoms with E-state index in [-0.39, 0.29) is 17.0 Å². The highest BCUT2D eigenvalue weighted by molar-refractivity contribution is 5.97. The summed E-state index contributed by atoms with van der Waals surface area (Å²) < 4.78 is 0. The molecule has 2 aromatic carbocycles. The van der Waals surface area contributed by atoms with Crippen LogP contribution in [0.2, 0.25) is 0 Å². The summed E-state index contributed by atoms with van der Waals surface area (Å²) in [5, 5.41) is 30.7. The molecule has 0 bridgehead atoms. The fraction of sp³-hybridized carbons (Fsp3) is 0.0667. The Bertz CT molecular complexity index is 669. The van der Waals surface area contributed by atoms with Crippen LogP contribution in [0.15, 0.2) is 48.5 Å². The van der Waals surface area contributed by atoms with E-state index in [2.05, 4.69) is 5.32 Å². The zero-order chi connectivity index (χ0) is 15.4. The van der Waals surface area contributed by atoms with Crippen molar-refractivity contribution < 1.29 is 24.9 Å². The van der Waals surface area contributed by atoms with Crippen LogP contribution < -0.4 is 5.32 Å². The van der Waals surface area contributed by atoms with Crippen LogP contribution in [0.25, 0.3) is 0 Å². The lowest BCUT2D eigenvalue weighted by molar-refractivity contribution is -0.124. The zero-order valence-corrected chi connectivity index (χ0v) is 10.9. The fourth-order valence-electron chi connectivity index (χ4n) is 1.76. The second-order valence-electron chi connectivity index (χ2n) is 4.34. The molecule has 21 heavy (non-hydrogen) atoms. The molecule has 0 saturated carbocycles. The average molecular weight is 287 g/mol. The lowest BCUT2D eigenvalue weighted by atomic mass is 10.1. The van der Waals surface area contributed by atoms with Crippen LogP contribution in [0.3, 0.4) is 0 Å². The second kappa shape index (κ2) is 6.06. The van der Waals surface area contributed by atoms with Gasteiger partial charge in [0, 0.05) is 0 Å². The van der Waals surface area contributed by atoms with E-state index in [0.29, 0.717) is 5.56 Å². The molecule has 0 radical (unpaired) electrons. The number of aliphatic hydroxyl groups is 1. The van der Waals surface area contributed by atoms with Gasteiger partial charge in [-0.05, 0) is 23.8 Å². The molecule has 1 unspecified atom stereocenters. The van der Waals surface area contributed by atoms with Crippen molar-refractivity contribution in [3.8, 4) is 5.75 Å². The fourth-order valence-corrected chi connectivity index (χ4v) is 1.76. The number of phenols is 1. The Hall–Kier alpha value is -2.86. The van der Waals surface area contributed by atoms with Crippen molar-refractivity contribution >= 4 is 17.6 Å². The normalized spacial score (nSPS) is 11.7. The zero-order valence-electron chi connectivity index (χ0n) is 10.9. The van der Waals surface area contributed by atoms with Crippen molar-refractivity contribution in [2.24, 2.45) is 0 Å². The van der Waals surface area contributed by atoms with E-state index in [1.165, 1.54) is 6.07 Å². The van der Waals surface area contributed by atoms with Gasteiger partial charge in [0.15, 0.2) is 6.10 Å². The van der Waals surface area contributed by atoms with Gasteiger partial charge >= 0.3 is 5.97 Å². The highest BCUT2D eigenvalue weighted by Gasteiger charge is 2.19. The van der Waals surface area contributed by atoms with Crippen molar-refractivity contribution in [2.45, 2.75) is 6.10 Å². The van der Waals surface area contributed by atoms with Gasteiger partial charge in [-0.3, -0.25) is 4.79 Å². The van der Waals surface area contributed by atoms with E-state index >= 15 is 0 Å². The predicted octanol–water partition coefficient (Wildman–Crippen LogP) is 1.76. The van der Waals surface area contributed by atoms with E-state index in [4.69, 9.17) is 5.11 Å². The molecule has 6 heteroatoms. The minimum Gasteiger partial charge on any atom is -0.506 e. The van der Waals surface area contributed by atoms with E-state index in [1.54, 1.807) is 30.3 Å². The molecule has 0 spiro atoms. The summed E-state index contributed by atoms with van der Waals surface area (Å²) in [6.07, 6.45) is -1.42. The summed E-state index contributed by atoms with van der Waals surface area (Å²) in [5.41, 5.74) is 0.232. The van der Waals surface area contributed by atoms with Crippen LogP contribution in [0.4, 0.5) is 5.69 Å². The van der Waals surface area contributed by atoms with Gasteiger partial charge in [0.25, 0.3) is 5.91 Å². The molecule has 0 aliphatic rings. The lowest BCUT2D eigenvalue weighted by Crippen LogP contribution is -2.21. The number of anilines is 1. The van der Waals surface area contributed by atoms with Crippen molar-refractivity contribution in [3.05, 3.63) is 59.7 Å². The molecular formula is C15H13NO5. The molecule has 1 atom stereocenters. The predicted molar refractivity (Wildman–Crippen MR) is 75.1 cm³/mol. The van der Waals surface area contributed by atoms with E-state index in [1.807, 2.05) is 0 Å². The first-order valence-electron chi connectivity index (χ1n) is 6.09. The molecule has 4 N–H and O–H groups in total. The number of amides is 1. The van der Waals surface area contributed by atoms with Crippen LogP contribution >= 0.6 is 0 Å². The van der Waals surface area contributed by atoms with Gasteiger partial charge in [-0.1, -0.05) is 30.3 Å². The van der Waals surface area contributed by atoms with E-state index in [9.17, 15) is 19.8 Å². The Morgan fingerprint density at radius 2 is 1.71 bits per heavy atom. The first kappa shape index (κ1) is 14.5. The third-order valence-electron chi connectivity index (χ3n) is 2.87. The highest BCUT2D eigenvalue weighted by Crippen LogP contribution is 2.25. The highest BCUT2D eigenvalue weighted by atomic mass is 16.4. The number of nitrogens with one attached hydrogen (secondary N) is 1. The molecule has 2 aromatic rings. The number of carboxylic acids is 1.